The van der Waals surface area contributed by atoms with E-state index in [1.54, 1.807) is 20.0 Å². The summed E-state index contributed by atoms with van der Waals surface area (Å²) in [6.45, 7) is 1.75. The van der Waals surface area contributed by atoms with Crippen molar-refractivity contribution in [2.24, 2.45) is 0 Å². The zero-order valence-corrected chi connectivity index (χ0v) is 17.9. The van der Waals surface area contributed by atoms with Gasteiger partial charge >= 0.3 is 0 Å². The van der Waals surface area contributed by atoms with E-state index in [1.165, 1.54) is 6.07 Å². The molecule has 0 bridgehead atoms. The lowest BCUT2D eigenvalue weighted by Gasteiger charge is -2.26. The minimum atomic E-state index is -0.517. The van der Waals surface area contributed by atoms with Gasteiger partial charge in [-0.3, -0.25) is 10.1 Å². The van der Waals surface area contributed by atoms with Crippen molar-refractivity contribution in [2.75, 3.05) is 7.05 Å². The molecule has 1 amide bonds. The van der Waals surface area contributed by atoms with E-state index >= 15 is 0 Å². The molecule has 3 aromatic carbocycles. The second-order valence-electron chi connectivity index (χ2n) is 7.35. The molecule has 0 fully saturated rings. The van der Waals surface area contributed by atoms with Gasteiger partial charge in [0.05, 0.1) is 0 Å². The molecule has 3 rings (SSSR count). The van der Waals surface area contributed by atoms with Gasteiger partial charge in [0.1, 0.15) is 11.9 Å². The fourth-order valence-electron chi connectivity index (χ4n) is 3.51. The first-order valence-electron chi connectivity index (χ1n) is 10.0. The first kappa shape index (κ1) is 22.0. The molecular formula is C25H26ClFN2O. The van der Waals surface area contributed by atoms with Crippen LogP contribution in [0.3, 0.4) is 0 Å². The molecule has 1 unspecified atom stereocenters. The van der Waals surface area contributed by atoms with Crippen molar-refractivity contribution in [1.82, 2.24) is 10.6 Å². The predicted molar refractivity (Wildman–Crippen MR) is 120 cm³/mol. The number of amides is 1. The van der Waals surface area contributed by atoms with Gasteiger partial charge in [-0.15, -0.1) is 0 Å². The Bertz CT molecular complexity index is 976. The third-order valence-corrected chi connectivity index (χ3v) is 5.48. The highest BCUT2D eigenvalue weighted by Crippen LogP contribution is 2.26. The van der Waals surface area contributed by atoms with Gasteiger partial charge in [-0.1, -0.05) is 66.2 Å². The number of aryl methyl sites for hydroxylation is 2. The van der Waals surface area contributed by atoms with Crippen LogP contribution in [-0.2, 0) is 11.2 Å². The lowest BCUT2D eigenvalue weighted by molar-refractivity contribution is -0.123. The Hall–Kier alpha value is -2.69. The zero-order valence-electron chi connectivity index (χ0n) is 17.2. The Morgan fingerprint density at radius 3 is 2.33 bits per heavy atom. The monoisotopic (exact) mass is 424 g/mol. The second kappa shape index (κ2) is 10.4. The summed E-state index contributed by atoms with van der Waals surface area (Å²) in [7, 11) is 1.63. The minimum Gasteiger partial charge on any atom is -0.358 e. The van der Waals surface area contributed by atoms with Crippen LogP contribution < -0.4 is 10.6 Å². The maximum atomic E-state index is 13.9. The Kier molecular flexibility index (Phi) is 7.61. The maximum Gasteiger partial charge on any atom is 0.241 e. The third-order valence-electron chi connectivity index (χ3n) is 5.23. The molecule has 0 saturated carbocycles. The predicted octanol–water partition coefficient (Wildman–Crippen LogP) is 5.54. The molecule has 0 heterocycles. The van der Waals surface area contributed by atoms with Crippen LogP contribution in [-0.4, -0.2) is 13.0 Å². The van der Waals surface area contributed by atoms with Crippen molar-refractivity contribution >= 4 is 17.5 Å². The molecule has 0 aliphatic rings. The van der Waals surface area contributed by atoms with Crippen LogP contribution in [0.2, 0.25) is 5.02 Å². The number of benzene rings is 3. The molecule has 0 aliphatic heterocycles. The van der Waals surface area contributed by atoms with E-state index in [0.29, 0.717) is 10.6 Å². The summed E-state index contributed by atoms with van der Waals surface area (Å²) in [5.74, 6) is -0.349. The Balaban J connectivity index is 1.89. The van der Waals surface area contributed by atoms with E-state index in [-0.39, 0.29) is 17.8 Å². The van der Waals surface area contributed by atoms with E-state index in [0.717, 1.165) is 29.5 Å². The molecule has 3 nitrogen and oxygen atoms in total. The van der Waals surface area contributed by atoms with Crippen molar-refractivity contribution in [2.45, 2.75) is 31.8 Å². The highest BCUT2D eigenvalue weighted by molar-refractivity contribution is 6.30. The molecule has 156 valence electrons. The van der Waals surface area contributed by atoms with Crippen LogP contribution in [0.25, 0.3) is 0 Å². The standard InChI is InChI=1S/C25H26ClFN2O/c1-17-16-20(11-14-22(17)27)23(15-10-18-8-12-21(26)13-9-18)29-24(25(30)28-2)19-6-4-3-5-7-19/h3-9,11-14,16,23-24,29H,10,15H2,1-2H3,(H,28,30)/t23-,24?/m0/s1. The molecule has 5 heteroatoms. The number of nitrogens with one attached hydrogen (secondary N) is 2. The SMILES string of the molecule is CNC(=O)C(N[C@@H](CCc1ccc(Cl)cc1)c1ccc(F)c(C)c1)c1ccccc1. The fraction of sp³-hybridized carbons (Fsp3) is 0.240. The average molecular weight is 425 g/mol. The van der Waals surface area contributed by atoms with Crippen LogP contribution in [0.4, 0.5) is 4.39 Å². The summed E-state index contributed by atoms with van der Waals surface area (Å²) in [5, 5.41) is 6.95. The van der Waals surface area contributed by atoms with E-state index < -0.39 is 6.04 Å². The fourth-order valence-corrected chi connectivity index (χ4v) is 3.63. The van der Waals surface area contributed by atoms with Crippen LogP contribution in [0, 0.1) is 12.7 Å². The van der Waals surface area contributed by atoms with Crippen LogP contribution in [0.5, 0.6) is 0 Å². The topological polar surface area (TPSA) is 41.1 Å². The smallest absolute Gasteiger partial charge is 0.241 e. The maximum absolute atomic E-state index is 13.9. The van der Waals surface area contributed by atoms with Crippen LogP contribution >= 0.6 is 11.6 Å². The normalized spacial score (nSPS) is 12.9. The zero-order chi connectivity index (χ0) is 21.5. The number of hydrogen-bond acceptors (Lipinski definition) is 2. The quantitative estimate of drug-likeness (QED) is 0.498. The largest absolute Gasteiger partial charge is 0.358 e. The molecule has 0 spiro atoms. The van der Waals surface area contributed by atoms with Gasteiger partial charge in [-0.25, -0.2) is 4.39 Å². The summed E-state index contributed by atoms with van der Waals surface area (Å²) in [6.07, 6.45) is 1.54. The Labute approximate surface area is 182 Å². The molecular weight excluding hydrogens is 399 g/mol. The lowest BCUT2D eigenvalue weighted by Crippen LogP contribution is -2.38. The number of carbonyl (C=O) groups is 1. The van der Waals surface area contributed by atoms with Gasteiger partial charge in [0, 0.05) is 18.1 Å². The number of hydrogen-bond donors (Lipinski definition) is 2. The average Bonchev–Trinajstić information content (AvgIpc) is 2.77. The summed E-state index contributed by atoms with van der Waals surface area (Å²) in [6, 6.07) is 21.8. The minimum absolute atomic E-state index is 0.114. The third kappa shape index (κ3) is 5.68. The van der Waals surface area contributed by atoms with Crippen LogP contribution in [0.1, 0.15) is 40.8 Å². The first-order chi connectivity index (χ1) is 14.5. The van der Waals surface area contributed by atoms with Gasteiger partial charge in [-0.05, 0) is 60.2 Å². The first-order valence-corrected chi connectivity index (χ1v) is 10.4. The van der Waals surface area contributed by atoms with E-state index in [9.17, 15) is 9.18 Å². The number of carbonyl (C=O) groups excluding carboxylic acids is 1. The molecule has 2 atom stereocenters. The van der Waals surface area contributed by atoms with E-state index in [2.05, 4.69) is 10.6 Å². The van der Waals surface area contributed by atoms with E-state index in [4.69, 9.17) is 11.6 Å². The van der Waals surface area contributed by atoms with Crippen molar-refractivity contribution in [3.63, 3.8) is 0 Å². The summed E-state index contributed by atoms with van der Waals surface area (Å²) < 4.78 is 13.9. The number of likely N-dealkylation sites (N-methyl/N-ethyl adjacent to an activating group) is 1. The Morgan fingerprint density at radius 2 is 1.70 bits per heavy atom. The van der Waals surface area contributed by atoms with E-state index in [1.807, 2.05) is 60.7 Å². The van der Waals surface area contributed by atoms with Crippen molar-refractivity contribution < 1.29 is 9.18 Å². The molecule has 2 N–H and O–H groups in total. The number of halogens is 2. The van der Waals surface area contributed by atoms with Gasteiger partial charge in [0.25, 0.3) is 0 Å². The molecule has 0 saturated heterocycles. The van der Waals surface area contributed by atoms with Crippen molar-refractivity contribution in [1.29, 1.82) is 0 Å². The highest BCUT2D eigenvalue weighted by atomic mass is 35.5. The second-order valence-corrected chi connectivity index (χ2v) is 7.79. The molecule has 0 aliphatic carbocycles. The molecule has 0 radical (unpaired) electrons. The lowest BCUT2D eigenvalue weighted by atomic mass is 9.95. The molecule has 30 heavy (non-hydrogen) atoms. The summed E-state index contributed by atoms with van der Waals surface area (Å²) in [5.41, 5.74) is 3.57. The van der Waals surface area contributed by atoms with Crippen LogP contribution in [0.15, 0.2) is 72.8 Å². The molecule has 3 aromatic rings. The van der Waals surface area contributed by atoms with Gasteiger partial charge < -0.3 is 5.32 Å². The summed E-state index contributed by atoms with van der Waals surface area (Å²) >= 11 is 6.00. The molecule has 0 aromatic heterocycles. The summed E-state index contributed by atoms with van der Waals surface area (Å²) in [4.78, 5) is 12.7. The number of rotatable bonds is 8. The van der Waals surface area contributed by atoms with Gasteiger partial charge in [0.15, 0.2) is 0 Å². The highest BCUT2D eigenvalue weighted by Gasteiger charge is 2.24. The van der Waals surface area contributed by atoms with Gasteiger partial charge in [0.2, 0.25) is 5.91 Å². The Morgan fingerprint density at radius 1 is 1.00 bits per heavy atom. The van der Waals surface area contributed by atoms with Crippen molar-refractivity contribution in [3.05, 3.63) is 106 Å². The van der Waals surface area contributed by atoms with Crippen molar-refractivity contribution in [3.8, 4) is 0 Å². The van der Waals surface area contributed by atoms with Gasteiger partial charge in [-0.2, -0.15) is 0 Å².